The average Bonchev–Trinajstić information content (AvgIpc) is 3.37. The third-order valence-electron chi connectivity index (χ3n) is 5.43. The Hall–Kier alpha value is -2.12. The molecule has 0 spiro atoms. The number of carbonyl (C=O) groups excluding carboxylic acids is 1. The normalized spacial score (nSPS) is 15.1. The molecule has 0 N–H and O–H groups in total. The third-order valence-corrected chi connectivity index (χ3v) is 6.28. The molecule has 0 atom stereocenters. The molecule has 1 amide bonds. The third kappa shape index (κ3) is 3.41. The number of fused-ring (bicyclic) bond motifs is 1. The van der Waals surface area contributed by atoms with Gasteiger partial charge in [0.25, 0.3) is 0 Å². The quantitative estimate of drug-likeness (QED) is 0.610. The van der Waals surface area contributed by atoms with Crippen LogP contribution in [0.3, 0.4) is 0 Å². The minimum absolute atomic E-state index is 0.213. The van der Waals surface area contributed by atoms with Gasteiger partial charge in [-0.2, -0.15) is 0 Å². The largest absolute Gasteiger partial charge is 0.308 e. The van der Waals surface area contributed by atoms with E-state index in [2.05, 4.69) is 52.9 Å². The number of benzene rings is 1. The summed E-state index contributed by atoms with van der Waals surface area (Å²) in [5, 5.41) is 0. The van der Waals surface area contributed by atoms with Crippen LogP contribution in [-0.2, 0) is 17.6 Å². The molecule has 2 aliphatic carbocycles. The molecule has 1 aromatic carbocycles. The second-order valence-electron chi connectivity index (χ2n) is 7.54. The summed E-state index contributed by atoms with van der Waals surface area (Å²) >= 11 is 3.66. The number of halogens is 1. The molecule has 3 nitrogen and oxygen atoms in total. The van der Waals surface area contributed by atoms with Crippen molar-refractivity contribution in [2.75, 3.05) is 4.90 Å². The summed E-state index contributed by atoms with van der Waals surface area (Å²) in [7, 11) is 0. The molecule has 0 aliphatic heterocycles. The van der Waals surface area contributed by atoms with Crippen LogP contribution in [0.25, 0.3) is 0 Å². The predicted octanol–water partition coefficient (Wildman–Crippen LogP) is 5.52. The first-order chi connectivity index (χ1) is 13.0. The first kappa shape index (κ1) is 18.3. The first-order valence-corrected chi connectivity index (χ1v) is 10.3. The van der Waals surface area contributed by atoms with Gasteiger partial charge in [0, 0.05) is 10.2 Å². The number of anilines is 2. The van der Waals surface area contributed by atoms with Gasteiger partial charge in [-0.3, -0.25) is 9.69 Å². The Morgan fingerprint density at radius 2 is 1.96 bits per heavy atom. The zero-order valence-electron chi connectivity index (χ0n) is 16.0. The summed E-state index contributed by atoms with van der Waals surface area (Å²) in [5.74, 6) is 6.54. The lowest BCUT2D eigenvalue weighted by Gasteiger charge is -2.25. The van der Waals surface area contributed by atoms with Gasteiger partial charge in [-0.1, -0.05) is 27.9 Å². The van der Waals surface area contributed by atoms with Crippen molar-refractivity contribution in [1.82, 2.24) is 4.98 Å². The second kappa shape index (κ2) is 7.13. The van der Waals surface area contributed by atoms with Crippen molar-refractivity contribution in [2.24, 2.45) is 0 Å². The SMILES string of the molecule is CC#CC(=O)N(c1cc(C)c(Br)cc1C1CC1)c1nc2c(cc1C)CCC2. The van der Waals surface area contributed by atoms with E-state index in [1.807, 2.05) is 6.92 Å². The van der Waals surface area contributed by atoms with E-state index in [4.69, 9.17) is 4.98 Å². The number of aromatic nitrogens is 1. The maximum Gasteiger partial charge on any atom is 0.308 e. The van der Waals surface area contributed by atoms with E-state index in [1.54, 1.807) is 11.8 Å². The van der Waals surface area contributed by atoms with Gasteiger partial charge < -0.3 is 0 Å². The van der Waals surface area contributed by atoms with Gasteiger partial charge in [-0.05, 0) is 99.1 Å². The molecule has 1 saturated carbocycles. The van der Waals surface area contributed by atoms with E-state index in [9.17, 15) is 4.79 Å². The summed E-state index contributed by atoms with van der Waals surface area (Å²) in [6.45, 7) is 5.80. The first-order valence-electron chi connectivity index (χ1n) is 9.56. The average molecular weight is 423 g/mol. The van der Waals surface area contributed by atoms with Gasteiger partial charge in [0.05, 0.1) is 5.69 Å². The fraction of sp³-hybridized carbons (Fsp3) is 0.391. The standard InChI is InChI=1S/C23H23BrN2O/c1-4-6-22(27)26(23-15(3)11-17-7-5-8-20(17)25-23)21-12-14(2)19(24)13-18(21)16-9-10-16/h11-13,16H,5,7-10H2,1-3H3. The van der Waals surface area contributed by atoms with Crippen molar-refractivity contribution in [3.05, 3.63) is 50.6 Å². The number of hydrogen-bond acceptors (Lipinski definition) is 2. The van der Waals surface area contributed by atoms with Crippen LogP contribution in [-0.4, -0.2) is 10.9 Å². The van der Waals surface area contributed by atoms with E-state index in [0.29, 0.717) is 5.92 Å². The molecular weight excluding hydrogens is 400 g/mol. The summed E-state index contributed by atoms with van der Waals surface area (Å²) in [4.78, 5) is 19.8. The van der Waals surface area contributed by atoms with Crippen molar-refractivity contribution < 1.29 is 4.79 Å². The van der Waals surface area contributed by atoms with Crippen molar-refractivity contribution in [3.63, 3.8) is 0 Å². The lowest BCUT2D eigenvalue weighted by Crippen LogP contribution is -2.27. The number of amides is 1. The molecule has 0 saturated heterocycles. The fourth-order valence-corrected chi connectivity index (χ4v) is 4.24. The summed E-state index contributed by atoms with van der Waals surface area (Å²) < 4.78 is 1.08. The summed E-state index contributed by atoms with van der Waals surface area (Å²) in [6, 6.07) is 6.47. The highest BCUT2D eigenvalue weighted by Crippen LogP contribution is 2.47. The Morgan fingerprint density at radius 1 is 1.19 bits per heavy atom. The smallest absolute Gasteiger partial charge is 0.258 e. The predicted molar refractivity (Wildman–Crippen MR) is 112 cm³/mol. The van der Waals surface area contributed by atoms with Gasteiger partial charge in [-0.15, -0.1) is 0 Å². The van der Waals surface area contributed by atoms with Crippen LogP contribution in [0.2, 0.25) is 0 Å². The molecule has 4 rings (SSSR count). The number of aryl methyl sites for hydroxylation is 4. The number of pyridine rings is 1. The highest BCUT2D eigenvalue weighted by Gasteiger charge is 2.32. The summed E-state index contributed by atoms with van der Waals surface area (Å²) in [5.41, 5.74) is 6.72. The maximum atomic E-state index is 13.1. The Morgan fingerprint density at radius 3 is 2.67 bits per heavy atom. The van der Waals surface area contributed by atoms with Gasteiger partial charge >= 0.3 is 5.91 Å². The molecule has 2 aromatic rings. The highest BCUT2D eigenvalue weighted by atomic mass is 79.9. The Bertz CT molecular complexity index is 996. The molecule has 1 heterocycles. The number of hydrogen-bond donors (Lipinski definition) is 0. The number of nitrogens with zero attached hydrogens (tertiary/aromatic N) is 2. The molecule has 1 aromatic heterocycles. The van der Waals surface area contributed by atoms with Crippen LogP contribution in [0, 0.1) is 25.7 Å². The van der Waals surface area contributed by atoms with Crippen LogP contribution < -0.4 is 4.90 Å². The zero-order chi connectivity index (χ0) is 19.1. The van der Waals surface area contributed by atoms with Gasteiger partial charge in [0.2, 0.25) is 0 Å². The van der Waals surface area contributed by atoms with E-state index >= 15 is 0 Å². The van der Waals surface area contributed by atoms with E-state index < -0.39 is 0 Å². The van der Waals surface area contributed by atoms with Crippen LogP contribution >= 0.6 is 15.9 Å². The van der Waals surface area contributed by atoms with E-state index in [-0.39, 0.29) is 5.91 Å². The molecular formula is C23H23BrN2O. The Labute approximate surface area is 169 Å². The van der Waals surface area contributed by atoms with Crippen molar-refractivity contribution in [2.45, 2.75) is 58.8 Å². The van der Waals surface area contributed by atoms with Crippen LogP contribution in [0.1, 0.15) is 60.1 Å². The maximum absolute atomic E-state index is 13.1. The Balaban J connectivity index is 1.93. The summed E-state index contributed by atoms with van der Waals surface area (Å²) in [6.07, 6.45) is 5.54. The molecule has 2 aliphatic rings. The fourth-order valence-electron chi connectivity index (χ4n) is 3.88. The van der Waals surface area contributed by atoms with Crippen molar-refractivity contribution in [1.29, 1.82) is 0 Å². The number of carbonyl (C=O) groups is 1. The molecule has 138 valence electrons. The molecule has 0 radical (unpaired) electrons. The van der Waals surface area contributed by atoms with Crippen LogP contribution in [0.5, 0.6) is 0 Å². The molecule has 4 heteroatoms. The van der Waals surface area contributed by atoms with Crippen LogP contribution in [0.4, 0.5) is 11.5 Å². The molecule has 0 unspecified atom stereocenters. The van der Waals surface area contributed by atoms with Gasteiger partial charge in [0.1, 0.15) is 5.82 Å². The van der Waals surface area contributed by atoms with E-state index in [0.717, 1.165) is 52.1 Å². The molecule has 1 fully saturated rings. The minimum Gasteiger partial charge on any atom is -0.258 e. The monoisotopic (exact) mass is 422 g/mol. The molecule has 0 bridgehead atoms. The van der Waals surface area contributed by atoms with Gasteiger partial charge in [-0.25, -0.2) is 4.98 Å². The number of rotatable bonds is 3. The zero-order valence-corrected chi connectivity index (χ0v) is 17.6. The highest BCUT2D eigenvalue weighted by molar-refractivity contribution is 9.10. The van der Waals surface area contributed by atoms with Crippen molar-refractivity contribution in [3.8, 4) is 11.8 Å². The lowest BCUT2D eigenvalue weighted by molar-refractivity contribution is -0.112. The van der Waals surface area contributed by atoms with Crippen LogP contribution in [0.15, 0.2) is 22.7 Å². The second-order valence-corrected chi connectivity index (χ2v) is 8.39. The minimum atomic E-state index is -0.213. The topological polar surface area (TPSA) is 33.2 Å². The van der Waals surface area contributed by atoms with Crippen molar-refractivity contribution >= 4 is 33.3 Å². The molecule has 27 heavy (non-hydrogen) atoms. The lowest BCUT2D eigenvalue weighted by atomic mass is 10.0. The Kier molecular flexibility index (Phi) is 4.82. The van der Waals surface area contributed by atoms with Gasteiger partial charge in [0.15, 0.2) is 0 Å². The van der Waals surface area contributed by atoms with E-state index in [1.165, 1.54) is 24.0 Å².